The number of rotatable bonds is 8. The molecule has 0 aromatic heterocycles. The molecule has 124 valence electrons. The molecule has 1 aromatic carbocycles. The van der Waals surface area contributed by atoms with Crippen LogP contribution in [0.2, 0.25) is 0 Å². The fourth-order valence-electron chi connectivity index (χ4n) is 1.83. The van der Waals surface area contributed by atoms with Crippen LogP contribution in [-0.2, 0) is 4.79 Å². The van der Waals surface area contributed by atoms with E-state index in [1.807, 2.05) is 6.92 Å². The molecule has 0 aliphatic carbocycles. The van der Waals surface area contributed by atoms with Crippen molar-refractivity contribution in [3.63, 3.8) is 0 Å². The number of amides is 1. The Balaban J connectivity index is 2.65. The standard InChI is InChI=1S/C15H20F3NO3/c1-3-4-9-19(11-15(16,17)18)14(20)10-22-13-8-6-5-7-12(13)21-2/h5-8H,3-4,9-11H2,1-2H3. The van der Waals surface area contributed by atoms with E-state index in [-0.39, 0.29) is 6.54 Å². The summed E-state index contributed by atoms with van der Waals surface area (Å²) in [5, 5.41) is 0. The van der Waals surface area contributed by atoms with Crippen LogP contribution in [0.4, 0.5) is 13.2 Å². The van der Waals surface area contributed by atoms with Crippen LogP contribution >= 0.6 is 0 Å². The van der Waals surface area contributed by atoms with Gasteiger partial charge >= 0.3 is 6.18 Å². The van der Waals surface area contributed by atoms with E-state index in [0.717, 1.165) is 4.90 Å². The number of halogens is 3. The first kappa shape index (κ1) is 18.1. The highest BCUT2D eigenvalue weighted by atomic mass is 19.4. The molecule has 0 saturated carbocycles. The highest BCUT2D eigenvalue weighted by molar-refractivity contribution is 5.78. The predicted molar refractivity (Wildman–Crippen MR) is 76.0 cm³/mol. The van der Waals surface area contributed by atoms with Gasteiger partial charge in [0.1, 0.15) is 6.54 Å². The Morgan fingerprint density at radius 3 is 2.41 bits per heavy atom. The maximum atomic E-state index is 12.5. The van der Waals surface area contributed by atoms with Gasteiger partial charge in [-0.3, -0.25) is 4.79 Å². The molecule has 7 heteroatoms. The summed E-state index contributed by atoms with van der Waals surface area (Å²) in [7, 11) is 1.45. The zero-order chi connectivity index (χ0) is 16.6. The summed E-state index contributed by atoms with van der Waals surface area (Å²) in [6.07, 6.45) is -3.21. The highest BCUT2D eigenvalue weighted by Crippen LogP contribution is 2.26. The van der Waals surface area contributed by atoms with Crippen molar-refractivity contribution in [1.82, 2.24) is 4.90 Å². The van der Waals surface area contributed by atoms with Gasteiger partial charge in [-0.1, -0.05) is 25.5 Å². The molecule has 0 saturated heterocycles. The molecule has 0 aliphatic rings. The van der Waals surface area contributed by atoms with Crippen LogP contribution in [0, 0.1) is 0 Å². The van der Waals surface area contributed by atoms with Crippen molar-refractivity contribution in [2.75, 3.05) is 26.8 Å². The Bertz CT molecular complexity index is 477. The molecule has 1 amide bonds. The molecular weight excluding hydrogens is 299 g/mol. The lowest BCUT2D eigenvalue weighted by molar-refractivity contribution is -0.162. The fraction of sp³-hybridized carbons (Fsp3) is 0.533. The molecule has 0 fully saturated rings. The Kier molecular flexibility index (Phi) is 7.01. The van der Waals surface area contributed by atoms with Gasteiger partial charge in [0.05, 0.1) is 7.11 Å². The molecule has 0 N–H and O–H groups in total. The number of benzene rings is 1. The molecule has 0 unspecified atom stereocenters. The molecule has 1 rings (SSSR count). The van der Waals surface area contributed by atoms with E-state index < -0.39 is 25.2 Å². The van der Waals surface area contributed by atoms with Gasteiger partial charge in [-0.25, -0.2) is 0 Å². The highest BCUT2D eigenvalue weighted by Gasteiger charge is 2.32. The number of carbonyl (C=O) groups excluding carboxylic acids is 1. The SMILES string of the molecule is CCCCN(CC(F)(F)F)C(=O)COc1ccccc1OC. The third-order valence-corrected chi connectivity index (χ3v) is 2.92. The number of ether oxygens (including phenoxy) is 2. The van der Waals surface area contributed by atoms with Crippen LogP contribution in [-0.4, -0.2) is 43.8 Å². The third kappa shape index (κ3) is 6.24. The minimum Gasteiger partial charge on any atom is -0.493 e. The molecule has 0 bridgehead atoms. The Morgan fingerprint density at radius 1 is 1.23 bits per heavy atom. The van der Waals surface area contributed by atoms with Crippen molar-refractivity contribution in [3.05, 3.63) is 24.3 Å². The lowest BCUT2D eigenvalue weighted by Crippen LogP contribution is -2.42. The first-order valence-corrected chi connectivity index (χ1v) is 6.97. The maximum absolute atomic E-state index is 12.5. The Morgan fingerprint density at radius 2 is 1.86 bits per heavy atom. The second-order valence-electron chi connectivity index (χ2n) is 4.72. The average Bonchev–Trinajstić information content (AvgIpc) is 2.48. The van der Waals surface area contributed by atoms with E-state index in [4.69, 9.17) is 9.47 Å². The molecule has 0 radical (unpaired) electrons. The molecule has 0 aliphatic heterocycles. The van der Waals surface area contributed by atoms with Gasteiger partial charge in [-0.05, 0) is 18.6 Å². The Hall–Kier alpha value is -1.92. The fourth-order valence-corrected chi connectivity index (χ4v) is 1.83. The van der Waals surface area contributed by atoms with E-state index in [9.17, 15) is 18.0 Å². The monoisotopic (exact) mass is 319 g/mol. The number of para-hydroxylation sites is 2. The molecule has 0 atom stereocenters. The van der Waals surface area contributed by atoms with Crippen LogP contribution in [0.25, 0.3) is 0 Å². The van der Waals surface area contributed by atoms with E-state index in [0.29, 0.717) is 24.3 Å². The summed E-state index contributed by atoms with van der Waals surface area (Å²) >= 11 is 0. The molecule has 4 nitrogen and oxygen atoms in total. The number of unbranched alkanes of at least 4 members (excludes halogenated alkanes) is 1. The molecule has 0 spiro atoms. The third-order valence-electron chi connectivity index (χ3n) is 2.92. The summed E-state index contributed by atoms with van der Waals surface area (Å²) in [6.45, 7) is 0.187. The van der Waals surface area contributed by atoms with Gasteiger partial charge in [-0.15, -0.1) is 0 Å². The van der Waals surface area contributed by atoms with E-state index in [1.165, 1.54) is 7.11 Å². The van der Waals surface area contributed by atoms with Crippen LogP contribution in [0.1, 0.15) is 19.8 Å². The maximum Gasteiger partial charge on any atom is 0.406 e. The zero-order valence-corrected chi connectivity index (χ0v) is 12.7. The average molecular weight is 319 g/mol. The first-order chi connectivity index (χ1) is 10.4. The van der Waals surface area contributed by atoms with Gasteiger partial charge in [0, 0.05) is 6.54 Å². The van der Waals surface area contributed by atoms with E-state index in [1.54, 1.807) is 24.3 Å². The predicted octanol–water partition coefficient (Wildman–Crippen LogP) is 3.27. The van der Waals surface area contributed by atoms with Gasteiger partial charge in [0.25, 0.3) is 5.91 Å². The lowest BCUT2D eigenvalue weighted by atomic mass is 10.3. The molecule has 1 aromatic rings. The van der Waals surface area contributed by atoms with Crippen molar-refractivity contribution in [2.24, 2.45) is 0 Å². The van der Waals surface area contributed by atoms with Crippen LogP contribution in [0.5, 0.6) is 11.5 Å². The summed E-state index contributed by atoms with van der Waals surface area (Å²) in [4.78, 5) is 12.7. The minimum atomic E-state index is -4.42. The summed E-state index contributed by atoms with van der Waals surface area (Å²) < 4.78 is 47.9. The second kappa shape index (κ2) is 8.51. The molecule has 0 heterocycles. The van der Waals surface area contributed by atoms with Gasteiger partial charge in [-0.2, -0.15) is 13.2 Å². The smallest absolute Gasteiger partial charge is 0.406 e. The van der Waals surface area contributed by atoms with Crippen molar-refractivity contribution >= 4 is 5.91 Å². The topological polar surface area (TPSA) is 38.8 Å². The number of alkyl halides is 3. The van der Waals surface area contributed by atoms with Gasteiger partial charge in [0.15, 0.2) is 18.1 Å². The van der Waals surface area contributed by atoms with E-state index in [2.05, 4.69) is 0 Å². The number of hydrogen-bond donors (Lipinski definition) is 0. The minimum absolute atomic E-state index is 0.0597. The summed E-state index contributed by atoms with van der Waals surface area (Å²) in [5.74, 6) is 0.0451. The van der Waals surface area contributed by atoms with E-state index >= 15 is 0 Å². The molecule has 22 heavy (non-hydrogen) atoms. The van der Waals surface area contributed by atoms with Crippen molar-refractivity contribution in [3.8, 4) is 11.5 Å². The van der Waals surface area contributed by atoms with Crippen LogP contribution < -0.4 is 9.47 Å². The number of carbonyl (C=O) groups is 1. The summed E-state index contributed by atoms with van der Waals surface area (Å²) in [5.41, 5.74) is 0. The quantitative estimate of drug-likeness (QED) is 0.738. The van der Waals surface area contributed by atoms with Crippen molar-refractivity contribution < 1.29 is 27.4 Å². The van der Waals surface area contributed by atoms with Gasteiger partial charge in [0.2, 0.25) is 0 Å². The van der Waals surface area contributed by atoms with Crippen molar-refractivity contribution in [2.45, 2.75) is 25.9 Å². The molecular formula is C15H20F3NO3. The van der Waals surface area contributed by atoms with Gasteiger partial charge < -0.3 is 14.4 Å². The van der Waals surface area contributed by atoms with Crippen LogP contribution in [0.15, 0.2) is 24.3 Å². The second-order valence-corrected chi connectivity index (χ2v) is 4.72. The number of methoxy groups -OCH3 is 1. The lowest BCUT2D eigenvalue weighted by Gasteiger charge is -2.24. The van der Waals surface area contributed by atoms with Crippen LogP contribution in [0.3, 0.4) is 0 Å². The number of nitrogens with zero attached hydrogens (tertiary/aromatic N) is 1. The largest absolute Gasteiger partial charge is 0.493 e. The zero-order valence-electron chi connectivity index (χ0n) is 12.7. The first-order valence-electron chi connectivity index (χ1n) is 6.97. The normalized spacial score (nSPS) is 11.1. The Labute approximate surface area is 127 Å². The summed E-state index contributed by atoms with van der Waals surface area (Å²) in [6, 6.07) is 6.65. The van der Waals surface area contributed by atoms with Crippen molar-refractivity contribution in [1.29, 1.82) is 0 Å². The number of hydrogen-bond acceptors (Lipinski definition) is 3.